The molecule has 104 valence electrons. The third kappa shape index (κ3) is 1.68. The zero-order chi connectivity index (χ0) is 13.7. The first-order valence-corrected chi connectivity index (χ1v) is 7.35. The Morgan fingerprint density at radius 3 is 3.15 bits per heavy atom. The van der Waals surface area contributed by atoms with Gasteiger partial charge in [-0.25, -0.2) is 4.98 Å². The predicted molar refractivity (Wildman–Crippen MR) is 81.9 cm³/mol. The van der Waals surface area contributed by atoms with E-state index in [2.05, 4.69) is 51.7 Å². The number of hydrogen-bond donors (Lipinski definition) is 1. The summed E-state index contributed by atoms with van der Waals surface area (Å²) in [6, 6.07) is 4.88. The molecule has 4 heteroatoms. The maximum absolute atomic E-state index is 4.48. The number of nitrogens with one attached hydrogen (secondary N) is 1. The minimum atomic E-state index is 0.548. The standard InChI is InChI=1S/C16H20N4/c1-11-4-7-19(2)10-14(11)20-8-5-12-9-18-16-13(15(12)20)3-6-17-16/h3,5-6,8-9,11,14H,4,7,10H2,1-2H3,(H,17,18). The number of rotatable bonds is 1. The Morgan fingerprint density at radius 1 is 1.35 bits per heavy atom. The van der Waals surface area contributed by atoms with Crippen LogP contribution in [0.25, 0.3) is 21.9 Å². The zero-order valence-electron chi connectivity index (χ0n) is 12.0. The monoisotopic (exact) mass is 268 g/mol. The number of fused-ring (bicyclic) bond motifs is 3. The lowest BCUT2D eigenvalue weighted by molar-refractivity contribution is 0.161. The van der Waals surface area contributed by atoms with Gasteiger partial charge >= 0.3 is 0 Å². The summed E-state index contributed by atoms with van der Waals surface area (Å²) in [4.78, 5) is 10.1. The van der Waals surface area contributed by atoms with Crippen LogP contribution in [0.4, 0.5) is 0 Å². The van der Waals surface area contributed by atoms with Crippen LogP contribution in [0.2, 0.25) is 0 Å². The van der Waals surface area contributed by atoms with Crippen LogP contribution in [0.1, 0.15) is 19.4 Å². The second kappa shape index (κ2) is 4.35. The molecule has 4 heterocycles. The maximum Gasteiger partial charge on any atom is 0.139 e. The molecule has 1 N–H and O–H groups in total. The Hall–Kier alpha value is -1.81. The molecule has 0 aromatic carbocycles. The fourth-order valence-electron chi connectivity index (χ4n) is 3.50. The van der Waals surface area contributed by atoms with Gasteiger partial charge < -0.3 is 14.5 Å². The fourth-order valence-corrected chi connectivity index (χ4v) is 3.50. The Bertz CT molecular complexity index is 754. The van der Waals surface area contributed by atoms with Crippen molar-refractivity contribution < 1.29 is 0 Å². The predicted octanol–water partition coefficient (Wildman–Crippen LogP) is 3.03. The maximum atomic E-state index is 4.48. The van der Waals surface area contributed by atoms with Gasteiger partial charge in [-0.05, 0) is 38.1 Å². The molecule has 3 aromatic heterocycles. The van der Waals surface area contributed by atoms with Gasteiger partial charge in [-0.1, -0.05) is 6.92 Å². The molecule has 0 amide bonds. The molecule has 1 fully saturated rings. The van der Waals surface area contributed by atoms with Gasteiger partial charge in [-0.15, -0.1) is 0 Å². The lowest BCUT2D eigenvalue weighted by atomic mass is 9.93. The Morgan fingerprint density at radius 2 is 2.25 bits per heavy atom. The van der Waals surface area contributed by atoms with Crippen molar-refractivity contribution in [3.8, 4) is 0 Å². The molecule has 0 bridgehead atoms. The Kier molecular flexibility index (Phi) is 2.60. The van der Waals surface area contributed by atoms with Gasteiger partial charge in [0.25, 0.3) is 0 Å². The summed E-state index contributed by atoms with van der Waals surface area (Å²) in [7, 11) is 2.22. The van der Waals surface area contributed by atoms with Crippen molar-refractivity contribution in [2.24, 2.45) is 5.92 Å². The van der Waals surface area contributed by atoms with E-state index in [1.54, 1.807) is 0 Å². The largest absolute Gasteiger partial charge is 0.346 e. The SMILES string of the molecule is CC1CCN(C)CC1n1ccc2cnc3[nH]ccc3c21. The first kappa shape index (κ1) is 12.0. The van der Waals surface area contributed by atoms with Gasteiger partial charge in [0.15, 0.2) is 0 Å². The molecule has 1 aliphatic rings. The molecule has 0 radical (unpaired) electrons. The van der Waals surface area contributed by atoms with Crippen LogP contribution < -0.4 is 0 Å². The molecule has 20 heavy (non-hydrogen) atoms. The fraction of sp³-hybridized carbons (Fsp3) is 0.438. The van der Waals surface area contributed by atoms with E-state index in [1.807, 2.05) is 12.4 Å². The van der Waals surface area contributed by atoms with Crippen LogP contribution in [0.15, 0.2) is 30.7 Å². The first-order chi connectivity index (χ1) is 9.74. The van der Waals surface area contributed by atoms with E-state index in [0.29, 0.717) is 12.0 Å². The van der Waals surface area contributed by atoms with Crippen LogP contribution >= 0.6 is 0 Å². The minimum absolute atomic E-state index is 0.548. The smallest absolute Gasteiger partial charge is 0.139 e. The van der Waals surface area contributed by atoms with E-state index in [9.17, 15) is 0 Å². The summed E-state index contributed by atoms with van der Waals surface area (Å²) in [5, 5.41) is 2.46. The van der Waals surface area contributed by atoms with Gasteiger partial charge in [0.1, 0.15) is 5.65 Å². The minimum Gasteiger partial charge on any atom is -0.346 e. The van der Waals surface area contributed by atoms with Crippen LogP contribution in [0.3, 0.4) is 0 Å². The summed E-state index contributed by atoms with van der Waals surface area (Å²) in [6.07, 6.45) is 7.45. The van der Waals surface area contributed by atoms with Crippen LogP contribution in [-0.4, -0.2) is 39.6 Å². The van der Waals surface area contributed by atoms with Crippen molar-refractivity contribution in [3.05, 3.63) is 30.7 Å². The molecule has 0 aliphatic carbocycles. The number of likely N-dealkylation sites (N-methyl/N-ethyl adjacent to an activating group) is 1. The average Bonchev–Trinajstić information content (AvgIpc) is 3.06. The highest BCUT2D eigenvalue weighted by Gasteiger charge is 2.26. The van der Waals surface area contributed by atoms with E-state index in [1.165, 1.54) is 29.3 Å². The Labute approximate surface area is 118 Å². The molecule has 4 rings (SSSR count). The lowest BCUT2D eigenvalue weighted by Gasteiger charge is -2.36. The van der Waals surface area contributed by atoms with Gasteiger partial charge in [-0.2, -0.15) is 0 Å². The number of nitrogens with zero attached hydrogens (tertiary/aromatic N) is 3. The van der Waals surface area contributed by atoms with E-state index < -0.39 is 0 Å². The normalized spacial score (nSPS) is 24.7. The number of pyridine rings is 1. The average molecular weight is 268 g/mol. The molecular formula is C16H20N4. The first-order valence-electron chi connectivity index (χ1n) is 7.35. The van der Waals surface area contributed by atoms with Crippen LogP contribution in [-0.2, 0) is 0 Å². The second-order valence-electron chi connectivity index (χ2n) is 6.12. The van der Waals surface area contributed by atoms with Crippen molar-refractivity contribution in [2.45, 2.75) is 19.4 Å². The highest BCUT2D eigenvalue weighted by Crippen LogP contribution is 2.33. The summed E-state index contributed by atoms with van der Waals surface area (Å²) in [6.45, 7) is 4.70. The highest BCUT2D eigenvalue weighted by molar-refractivity contribution is 6.02. The molecule has 0 saturated carbocycles. The molecule has 1 saturated heterocycles. The van der Waals surface area contributed by atoms with Crippen LogP contribution in [0.5, 0.6) is 0 Å². The van der Waals surface area contributed by atoms with Crippen molar-refractivity contribution in [1.82, 2.24) is 19.4 Å². The van der Waals surface area contributed by atoms with Gasteiger partial charge in [0.05, 0.1) is 5.52 Å². The summed E-state index contributed by atoms with van der Waals surface area (Å²) in [5.41, 5.74) is 2.30. The van der Waals surface area contributed by atoms with Crippen molar-refractivity contribution >= 4 is 21.9 Å². The van der Waals surface area contributed by atoms with E-state index in [4.69, 9.17) is 0 Å². The molecule has 3 aromatic rings. The van der Waals surface area contributed by atoms with Crippen molar-refractivity contribution in [1.29, 1.82) is 0 Å². The molecular weight excluding hydrogens is 248 g/mol. The zero-order valence-corrected chi connectivity index (χ0v) is 12.0. The van der Waals surface area contributed by atoms with E-state index >= 15 is 0 Å². The topological polar surface area (TPSA) is 36.9 Å². The van der Waals surface area contributed by atoms with Gasteiger partial charge in [0, 0.05) is 41.9 Å². The van der Waals surface area contributed by atoms with E-state index in [0.717, 1.165) is 12.2 Å². The van der Waals surface area contributed by atoms with E-state index in [-0.39, 0.29) is 0 Å². The second-order valence-corrected chi connectivity index (χ2v) is 6.12. The number of aromatic nitrogens is 3. The quantitative estimate of drug-likeness (QED) is 0.736. The third-order valence-corrected chi connectivity index (χ3v) is 4.74. The van der Waals surface area contributed by atoms with Gasteiger partial charge in [-0.3, -0.25) is 0 Å². The third-order valence-electron chi connectivity index (χ3n) is 4.74. The molecule has 2 unspecified atom stereocenters. The number of piperidine rings is 1. The summed E-state index contributed by atoms with van der Waals surface area (Å²) < 4.78 is 2.47. The molecule has 2 atom stereocenters. The number of likely N-dealkylation sites (tertiary alicyclic amines) is 1. The highest BCUT2D eigenvalue weighted by atomic mass is 15.2. The number of hydrogen-bond acceptors (Lipinski definition) is 2. The number of aromatic amines is 1. The molecule has 4 nitrogen and oxygen atoms in total. The molecule has 0 spiro atoms. The van der Waals surface area contributed by atoms with Crippen molar-refractivity contribution in [3.63, 3.8) is 0 Å². The van der Waals surface area contributed by atoms with Crippen molar-refractivity contribution in [2.75, 3.05) is 20.1 Å². The van der Waals surface area contributed by atoms with Crippen LogP contribution in [0, 0.1) is 5.92 Å². The summed E-state index contributed by atoms with van der Waals surface area (Å²) in [5.74, 6) is 0.712. The number of H-pyrrole nitrogens is 1. The lowest BCUT2D eigenvalue weighted by Crippen LogP contribution is -2.38. The molecule has 1 aliphatic heterocycles. The Balaban J connectivity index is 1.92. The van der Waals surface area contributed by atoms with Gasteiger partial charge in [0.2, 0.25) is 0 Å². The summed E-state index contributed by atoms with van der Waals surface area (Å²) >= 11 is 0.